The van der Waals surface area contributed by atoms with Crippen molar-refractivity contribution in [1.29, 1.82) is 0 Å². The van der Waals surface area contributed by atoms with Gasteiger partial charge in [-0.1, -0.05) is 43.3 Å². The van der Waals surface area contributed by atoms with Crippen LogP contribution in [-0.4, -0.2) is 5.11 Å². The molecule has 0 saturated carbocycles. The van der Waals surface area contributed by atoms with Gasteiger partial charge in [0.15, 0.2) is 0 Å². The molecule has 0 spiro atoms. The maximum Gasteiger partial charge on any atom is 0.115 e. The molecule has 2 heteroatoms. The molecule has 0 aliphatic heterocycles. The van der Waals surface area contributed by atoms with Gasteiger partial charge < -0.3 is 10.4 Å². The maximum atomic E-state index is 9.79. The predicted octanol–water partition coefficient (Wildman–Crippen LogP) is 4.51. The summed E-state index contributed by atoms with van der Waals surface area (Å²) in [6, 6.07) is 17.1. The first-order chi connectivity index (χ1) is 10.3. The quantitative estimate of drug-likeness (QED) is 0.864. The zero-order valence-corrected chi connectivity index (χ0v) is 12.5. The molecule has 0 aromatic heterocycles. The van der Waals surface area contributed by atoms with Crippen molar-refractivity contribution in [1.82, 2.24) is 5.32 Å². The Kier molecular flexibility index (Phi) is 4.26. The van der Waals surface area contributed by atoms with Crippen LogP contribution in [0, 0.1) is 0 Å². The summed E-state index contributed by atoms with van der Waals surface area (Å²) in [7, 11) is 0. The van der Waals surface area contributed by atoms with E-state index in [2.05, 4.69) is 48.6 Å². The van der Waals surface area contributed by atoms with Gasteiger partial charge in [-0.2, -0.15) is 0 Å². The van der Waals surface area contributed by atoms with Crippen molar-refractivity contribution in [3.63, 3.8) is 0 Å². The molecule has 2 nitrogen and oxygen atoms in total. The molecule has 0 heterocycles. The third kappa shape index (κ3) is 3.11. The van der Waals surface area contributed by atoms with Crippen LogP contribution in [0.4, 0.5) is 0 Å². The lowest BCUT2D eigenvalue weighted by Crippen LogP contribution is -2.29. The molecular formula is C19H23NO. The number of benzene rings is 2. The van der Waals surface area contributed by atoms with E-state index in [1.165, 1.54) is 23.1 Å². The first kappa shape index (κ1) is 14.2. The van der Waals surface area contributed by atoms with Crippen LogP contribution in [0.1, 0.15) is 55.0 Å². The summed E-state index contributed by atoms with van der Waals surface area (Å²) >= 11 is 0. The average molecular weight is 281 g/mol. The largest absolute Gasteiger partial charge is 0.508 e. The van der Waals surface area contributed by atoms with Crippen LogP contribution in [-0.2, 0) is 6.42 Å². The van der Waals surface area contributed by atoms with Crippen LogP contribution in [0.2, 0.25) is 0 Å². The van der Waals surface area contributed by atoms with E-state index in [1.54, 1.807) is 6.07 Å². The Balaban J connectivity index is 1.84. The number of aryl methyl sites for hydroxylation is 1. The Morgan fingerprint density at radius 3 is 2.76 bits per heavy atom. The monoisotopic (exact) mass is 281 g/mol. The van der Waals surface area contributed by atoms with Gasteiger partial charge in [-0.05, 0) is 54.5 Å². The van der Waals surface area contributed by atoms with Crippen molar-refractivity contribution >= 4 is 0 Å². The molecule has 2 unspecified atom stereocenters. The Hall–Kier alpha value is -1.80. The lowest BCUT2D eigenvalue weighted by Gasteiger charge is -2.30. The van der Waals surface area contributed by atoms with E-state index in [0.29, 0.717) is 17.8 Å². The summed E-state index contributed by atoms with van der Waals surface area (Å²) < 4.78 is 0. The summed E-state index contributed by atoms with van der Waals surface area (Å²) in [5.41, 5.74) is 3.99. The average Bonchev–Trinajstić information content (AvgIpc) is 2.53. The van der Waals surface area contributed by atoms with Crippen molar-refractivity contribution < 1.29 is 5.11 Å². The highest BCUT2D eigenvalue weighted by atomic mass is 16.3. The molecule has 2 aromatic carbocycles. The van der Waals surface area contributed by atoms with Crippen molar-refractivity contribution in [2.45, 2.75) is 44.7 Å². The fraction of sp³-hybridized carbons (Fsp3) is 0.368. The Bertz CT molecular complexity index is 594. The van der Waals surface area contributed by atoms with Crippen LogP contribution in [0.5, 0.6) is 5.75 Å². The smallest absolute Gasteiger partial charge is 0.115 e. The second kappa shape index (κ2) is 6.31. The number of nitrogens with one attached hydrogen (secondary N) is 1. The Labute approximate surface area is 126 Å². The predicted molar refractivity (Wildman–Crippen MR) is 86.4 cm³/mol. The zero-order valence-electron chi connectivity index (χ0n) is 12.5. The number of hydrogen-bond donors (Lipinski definition) is 2. The number of rotatable bonds is 4. The number of aromatic hydroxyl groups is 1. The van der Waals surface area contributed by atoms with Crippen molar-refractivity contribution in [2.75, 3.05) is 0 Å². The summed E-state index contributed by atoms with van der Waals surface area (Å²) in [4.78, 5) is 0. The van der Waals surface area contributed by atoms with Gasteiger partial charge in [0, 0.05) is 12.1 Å². The number of phenolic OH excluding ortho intramolecular Hbond substituents is 1. The number of hydrogen-bond acceptors (Lipinski definition) is 2. The van der Waals surface area contributed by atoms with E-state index in [9.17, 15) is 5.11 Å². The number of phenols is 1. The second-order valence-corrected chi connectivity index (χ2v) is 5.87. The van der Waals surface area contributed by atoms with E-state index in [1.807, 2.05) is 6.07 Å². The lowest BCUT2D eigenvalue weighted by molar-refractivity contribution is 0.390. The van der Waals surface area contributed by atoms with Gasteiger partial charge in [0.05, 0.1) is 0 Å². The van der Waals surface area contributed by atoms with Crippen LogP contribution in [0.15, 0.2) is 48.5 Å². The van der Waals surface area contributed by atoms with Gasteiger partial charge in [-0.3, -0.25) is 0 Å². The van der Waals surface area contributed by atoms with Gasteiger partial charge in [0.25, 0.3) is 0 Å². The molecule has 0 bridgehead atoms. The maximum absolute atomic E-state index is 9.79. The summed E-state index contributed by atoms with van der Waals surface area (Å²) in [6.45, 7) is 2.22. The standard InChI is InChI=1S/C19H23NO/c1-2-18(15-7-4-3-5-8-15)20-19-10-6-9-14-11-12-16(21)13-17(14)19/h3-5,7-8,11-13,18-21H,2,6,9-10H2,1H3. The zero-order chi connectivity index (χ0) is 14.7. The molecule has 0 fully saturated rings. The van der Waals surface area contributed by atoms with Crippen LogP contribution < -0.4 is 5.32 Å². The molecule has 1 aliphatic carbocycles. The lowest BCUT2D eigenvalue weighted by atomic mass is 9.86. The van der Waals surface area contributed by atoms with Crippen molar-refractivity contribution in [3.8, 4) is 5.75 Å². The minimum atomic E-state index is 0.339. The van der Waals surface area contributed by atoms with E-state index >= 15 is 0 Å². The summed E-state index contributed by atoms with van der Waals surface area (Å²) in [5, 5.41) is 13.6. The molecule has 2 aromatic rings. The topological polar surface area (TPSA) is 32.3 Å². The fourth-order valence-corrected chi connectivity index (χ4v) is 3.34. The molecule has 0 radical (unpaired) electrons. The van der Waals surface area contributed by atoms with E-state index in [0.717, 1.165) is 19.3 Å². The van der Waals surface area contributed by atoms with E-state index < -0.39 is 0 Å². The van der Waals surface area contributed by atoms with Gasteiger partial charge in [0.2, 0.25) is 0 Å². The third-order valence-electron chi connectivity index (χ3n) is 4.46. The molecular weight excluding hydrogens is 258 g/mol. The highest BCUT2D eigenvalue weighted by Crippen LogP contribution is 2.34. The minimum absolute atomic E-state index is 0.339. The number of fused-ring (bicyclic) bond motifs is 1. The Morgan fingerprint density at radius 1 is 1.19 bits per heavy atom. The van der Waals surface area contributed by atoms with Gasteiger partial charge >= 0.3 is 0 Å². The molecule has 2 N–H and O–H groups in total. The fourth-order valence-electron chi connectivity index (χ4n) is 3.34. The third-order valence-corrected chi connectivity index (χ3v) is 4.46. The molecule has 0 amide bonds. The molecule has 2 atom stereocenters. The van der Waals surface area contributed by atoms with Gasteiger partial charge in [-0.25, -0.2) is 0 Å². The normalized spacial score (nSPS) is 19.0. The van der Waals surface area contributed by atoms with E-state index in [4.69, 9.17) is 0 Å². The minimum Gasteiger partial charge on any atom is -0.508 e. The Morgan fingerprint density at radius 2 is 2.00 bits per heavy atom. The second-order valence-electron chi connectivity index (χ2n) is 5.87. The molecule has 110 valence electrons. The summed E-state index contributed by atoms with van der Waals surface area (Å²) in [5.74, 6) is 0.371. The molecule has 0 saturated heterocycles. The van der Waals surface area contributed by atoms with E-state index in [-0.39, 0.29) is 0 Å². The molecule has 1 aliphatic rings. The molecule has 21 heavy (non-hydrogen) atoms. The first-order valence-corrected chi connectivity index (χ1v) is 7.90. The van der Waals surface area contributed by atoms with Crippen LogP contribution in [0.3, 0.4) is 0 Å². The highest BCUT2D eigenvalue weighted by molar-refractivity contribution is 5.38. The highest BCUT2D eigenvalue weighted by Gasteiger charge is 2.23. The van der Waals surface area contributed by atoms with Crippen molar-refractivity contribution in [2.24, 2.45) is 0 Å². The van der Waals surface area contributed by atoms with Crippen molar-refractivity contribution in [3.05, 3.63) is 65.2 Å². The van der Waals surface area contributed by atoms with Crippen LogP contribution in [0.25, 0.3) is 0 Å². The SMILES string of the molecule is CCC(NC1CCCc2ccc(O)cc21)c1ccccc1. The first-order valence-electron chi connectivity index (χ1n) is 7.90. The van der Waals surface area contributed by atoms with Gasteiger partial charge in [0.1, 0.15) is 5.75 Å². The summed E-state index contributed by atoms with van der Waals surface area (Å²) in [6.07, 6.45) is 4.53. The van der Waals surface area contributed by atoms with Gasteiger partial charge in [-0.15, -0.1) is 0 Å². The van der Waals surface area contributed by atoms with Crippen LogP contribution >= 0.6 is 0 Å². The molecule has 3 rings (SSSR count).